The molecule has 0 saturated heterocycles. The first-order valence-corrected chi connectivity index (χ1v) is 5.88. The minimum atomic E-state index is -0.176. The number of nitriles is 1. The second-order valence-electron chi connectivity index (χ2n) is 4.61. The lowest BCUT2D eigenvalue weighted by Crippen LogP contribution is -2.20. The summed E-state index contributed by atoms with van der Waals surface area (Å²) in [5.74, 6) is 1.27. The number of nitrogens with one attached hydrogen (secondary N) is 1. The van der Waals surface area contributed by atoms with Crippen LogP contribution in [-0.4, -0.2) is 13.2 Å². The number of hydrogen-bond donors (Lipinski definition) is 1. The molecule has 0 aromatic heterocycles. The number of rotatable bonds is 5. The molecule has 0 bridgehead atoms. The van der Waals surface area contributed by atoms with Gasteiger partial charge in [-0.3, -0.25) is 0 Å². The number of nitrogens with zero attached hydrogens (tertiary/aromatic N) is 1. The Morgan fingerprint density at radius 2 is 2.12 bits per heavy atom. The predicted molar refractivity (Wildman–Crippen MR) is 70.2 cm³/mol. The van der Waals surface area contributed by atoms with Crippen molar-refractivity contribution in [3.63, 3.8) is 0 Å². The number of benzene rings is 1. The number of para-hydroxylation sites is 1. The van der Waals surface area contributed by atoms with Crippen molar-refractivity contribution in [2.75, 3.05) is 12.4 Å². The van der Waals surface area contributed by atoms with Gasteiger partial charge in [0.2, 0.25) is 0 Å². The number of hydrogen-bond acceptors (Lipinski definition) is 3. The maximum Gasteiger partial charge on any atom is 0.142 e. The summed E-state index contributed by atoms with van der Waals surface area (Å²) < 4.78 is 5.30. The van der Waals surface area contributed by atoms with Gasteiger partial charge in [0.25, 0.3) is 0 Å². The maximum absolute atomic E-state index is 9.14. The number of ether oxygens (including phenoxy) is 1. The summed E-state index contributed by atoms with van der Waals surface area (Å²) >= 11 is 0. The molecule has 0 heterocycles. The predicted octanol–water partition coefficient (Wildman–Crippen LogP) is 3.35. The Bertz CT molecular complexity index is 407. The first-order valence-electron chi connectivity index (χ1n) is 5.88. The van der Waals surface area contributed by atoms with Crippen LogP contribution in [0.25, 0.3) is 0 Å². The molecule has 0 radical (unpaired) electrons. The van der Waals surface area contributed by atoms with Gasteiger partial charge in [-0.1, -0.05) is 26.0 Å². The maximum atomic E-state index is 9.14. The van der Waals surface area contributed by atoms with E-state index >= 15 is 0 Å². The zero-order chi connectivity index (χ0) is 12.8. The van der Waals surface area contributed by atoms with Crippen LogP contribution >= 0.6 is 0 Å². The minimum Gasteiger partial charge on any atom is -0.495 e. The van der Waals surface area contributed by atoms with Crippen LogP contribution in [0.4, 0.5) is 5.69 Å². The largest absolute Gasteiger partial charge is 0.495 e. The summed E-state index contributed by atoms with van der Waals surface area (Å²) in [4.78, 5) is 0. The molecule has 0 unspecified atom stereocenters. The second-order valence-corrected chi connectivity index (χ2v) is 4.61. The van der Waals surface area contributed by atoms with Crippen LogP contribution < -0.4 is 10.1 Å². The molecule has 3 nitrogen and oxygen atoms in total. The van der Waals surface area contributed by atoms with Crippen molar-refractivity contribution in [1.82, 2.24) is 0 Å². The van der Waals surface area contributed by atoms with Gasteiger partial charge in [0, 0.05) is 0 Å². The number of methoxy groups -OCH3 is 1. The third kappa shape index (κ3) is 3.67. The van der Waals surface area contributed by atoms with Gasteiger partial charge in [-0.15, -0.1) is 0 Å². The molecule has 1 atom stereocenters. The highest BCUT2D eigenvalue weighted by molar-refractivity contribution is 5.62. The minimum absolute atomic E-state index is 0.176. The molecule has 0 aliphatic carbocycles. The van der Waals surface area contributed by atoms with Crippen molar-refractivity contribution in [1.29, 1.82) is 5.26 Å². The van der Waals surface area contributed by atoms with E-state index in [1.165, 1.54) is 0 Å². The third-order valence-electron chi connectivity index (χ3n) is 2.64. The van der Waals surface area contributed by atoms with Crippen LogP contribution in [0.1, 0.15) is 25.8 Å². The van der Waals surface area contributed by atoms with Gasteiger partial charge < -0.3 is 10.1 Å². The lowest BCUT2D eigenvalue weighted by atomic mass is 10.0. The first-order chi connectivity index (χ1) is 8.08. The molecule has 0 aliphatic heterocycles. The van der Waals surface area contributed by atoms with Gasteiger partial charge in [-0.25, -0.2) is 0 Å². The summed E-state index contributed by atoms with van der Waals surface area (Å²) in [5.41, 5.74) is 2.01. The highest BCUT2D eigenvalue weighted by Crippen LogP contribution is 2.28. The van der Waals surface area contributed by atoms with E-state index in [2.05, 4.69) is 25.2 Å². The third-order valence-corrected chi connectivity index (χ3v) is 2.64. The normalized spacial score (nSPS) is 12.0. The molecule has 0 saturated carbocycles. The molecule has 0 aliphatic rings. The van der Waals surface area contributed by atoms with Gasteiger partial charge in [0.15, 0.2) is 0 Å². The monoisotopic (exact) mass is 232 g/mol. The van der Waals surface area contributed by atoms with Crippen LogP contribution in [0.2, 0.25) is 0 Å². The summed E-state index contributed by atoms with van der Waals surface area (Å²) in [6, 6.07) is 7.98. The Labute approximate surface area is 103 Å². The van der Waals surface area contributed by atoms with E-state index in [4.69, 9.17) is 10.00 Å². The molecule has 17 heavy (non-hydrogen) atoms. The highest BCUT2D eigenvalue weighted by atomic mass is 16.5. The van der Waals surface area contributed by atoms with Crippen LogP contribution in [-0.2, 0) is 0 Å². The van der Waals surface area contributed by atoms with E-state index in [1.54, 1.807) is 7.11 Å². The molecule has 0 spiro atoms. The van der Waals surface area contributed by atoms with E-state index in [-0.39, 0.29) is 6.04 Å². The SMILES string of the molecule is COc1cccc(C)c1N[C@@H](C#N)CC(C)C. The quantitative estimate of drug-likeness (QED) is 0.846. The van der Waals surface area contributed by atoms with E-state index in [0.717, 1.165) is 23.4 Å². The number of anilines is 1. The van der Waals surface area contributed by atoms with Crippen LogP contribution in [0.3, 0.4) is 0 Å². The van der Waals surface area contributed by atoms with Crippen LogP contribution in [0, 0.1) is 24.2 Å². The zero-order valence-corrected chi connectivity index (χ0v) is 10.9. The molecule has 1 N–H and O–H groups in total. The van der Waals surface area contributed by atoms with Crippen molar-refractivity contribution in [3.8, 4) is 11.8 Å². The van der Waals surface area contributed by atoms with Crippen molar-refractivity contribution in [3.05, 3.63) is 23.8 Å². The second kappa shape index (κ2) is 6.15. The van der Waals surface area contributed by atoms with E-state index in [1.807, 2.05) is 25.1 Å². The van der Waals surface area contributed by atoms with Gasteiger partial charge in [-0.2, -0.15) is 5.26 Å². The molecule has 0 fully saturated rings. The average molecular weight is 232 g/mol. The molecule has 92 valence electrons. The fourth-order valence-electron chi connectivity index (χ4n) is 1.79. The van der Waals surface area contributed by atoms with Gasteiger partial charge in [0.1, 0.15) is 11.8 Å². The Kier molecular flexibility index (Phi) is 4.84. The summed E-state index contributed by atoms with van der Waals surface area (Å²) in [7, 11) is 1.64. The fourth-order valence-corrected chi connectivity index (χ4v) is 1.79. The molecule has 1 aromatic carbocycles. The van der Waals surface area contributed by atoms with Crippen molar-refractivity contribution in [2.45, 2.75) is 33.2 Å². The van der Waals surface area contributed by atoms with Crippen molar-refractivity contribution < 1.29 is 4.74 Å². The average Bonchev–Trinajstić information content (AvgIpc) is 2.29. The standard InChI is InChI=1S/C14H20N2O/c1-10(2)8-12(9-15)16-14-11(3)6-5-7-13(14)17-4/h5-7,10,12,16H,8H2,1-4H3/t12-/m1/s1. The highest BCUT2D eigenvalue weighted by Gasteiger charge is 2.13. The Morgan fingerprint density at radius 1 is 1.41 bits per heavy atom. The molecule has 0 amide bonds. The summed E-state index contributed by atoms with van der Waals surface area (Å²) in [6.45, 7) is 6.23. The lowest BCUT2D eigenvalue weighted by Gasteiger charge is -2.18. The molecular weight excluding hydrogens is 212 g/mol. The van der Waals surface area contributed by atoms with Gasteiger partial charge in [0.05, 0.1) is 18.9 Å². The number of aryl methyl sites for hydroxylation is 1. The van der Waals surface area contributed by atoms with Gasteiger partial charge >= 0.3 is 0 Å². The van der Waals surface area contributed by atoms with Crippen LogP contribution in [0.15, 0.2) is 18.2 Å². The Morgan fingerprint density at radius 3 is 2.65 bits per heavy atom. The first kappa shape index (κ1) is 13.4. The molecular formula is C14H20N2O. The van der Waals surface area contributed by atoms with E-state index in [0.29, 0.717) is 5.92 Å². The molecule has 1 rings (SSSR count). The summed E-state index contributed by atoms with van der Waals surface area (Å²) in [6.07, 6.45) is 0.827. The lowest BCUT2D eigenvalue weighted by molar-refractivity contribution is 0.415. The van der Waals surface area contributed by atoms with Crippen molar-refractivity contribution in [2.24, 2.45) is 5.92 Å². The van der Waals surface area contributed by atoms with Crippen LogP contribution in [0.5, 0.6) is 5.75 Å². The molecule has 3 heteroatoms. The smallest absolute Gasteiger partial charge is 0.142 e. The van der Waals surface area contributed by atoms with Crippen molar-refractivity contribution >= 4 is 5.69 Å². The van der Waals surface area contributed by atoms with Gasteiger partial charge in [-0.05, 0) is 30.9 Å². The molecule has 1 aromatic rings. The van der Waals surface area contributed by atoms with E-state index < -0.39 is 0 Å². The zero-order valence-electron chi connectivity index (χ0n) is 10.9. The topological polar surface area (TPSA) is 45.0 Å². The summed E-state index contributed by atoms with van der Waals surface area (Å²) in [5, 5.41) is 12.4. The Balaban J connectivity index is 2.89. The van der Waals surface area contributed by atoms with E-state index in [9.17, 15) is 0 Å². The fraction of sp³-hybridized carbons (Fsp3) is 0.500. The Hall–Kier alpha value is -1.69.